The Morgan fingerprint density at radius 3 is 2.00 bits per heavy atom. The average Bonchev–Trinajstić information content (AvgIpc) is 3.25. The van der Waals surface area contributed by atoms with Crippen molar-refractivity contribution in [3.8, 4) is 0 Å². The van der Waals surface area contributed by atoms with Gasteiger partial charge in [0.05, 0.1) is 0 Å². The number of nitrogens with zero attached hydrogens (tertiary/aromatic N) is 2. The van der Waals surface area contributed by atoms with Crippen LogP contribution < -0.4 is 5.32 Å². The highest BCUT2D eigenvalue weighted by molar-refractivity contribution is 4.88. The van der Waals surface area contributed by atoms with Gasteiger partial charge in [-0.25, -0.2) is 0 Å². The standard InChI is InChI=1S/C16H35N3/c1-5-17-16(15-10-11-15)14-19(8-4)13-9-12-18(6-2)7-3/h15-17H,5-14H2,1-4H3. The van der Waals surface area contributed by atoms with Crippen molar-refractivity contribution in [2.24, 2.45) is 5.92 Å². The number of rotatable bonds is 12. The maximum atomic E-state index is 3.68. The van der Waals surface area contributed by atoms with E-state index in [9.17, 15) is 0 Å². The van der Waals surface area contributed by atoms with Crippen molar-refractivity contribution < 1.29 is 0 Å². The Hall–Kier alpha value is -0.120. The van der Waals surface area contributed by atoms with E-state index in [1.807, 2.05) is 0 Å². The molecule has 19 heavy (non-hydrogen) atoms. The molecular formula is C16H35N3. The van der Waals surface area contributed by atoms with Gasteiger partial charge in [0.25, 0.3) is 0 Å². The molecule has 1 saturated carbocycles. The van der Waals surface area contributed by atoms with E-state index in [1.165, 1.54) is 58.5 Å². The summed E-state index contributed by atoms with van der Waals surface area (Å²) in [6, 6.07) is 0.735. The van der Waals surface area contributed by atoms with Gasteiger partial charge in [-0.2, -0.15) is 0 Å². The van der Waals surface area contributed by atoms with Crippen LogP contribution in [0.3, 0.4) is 0 Å². The summed E-state index contributed by atoms with van der Waals surface area (Å²) in [4.78, 5) is 5.16. The summed E-state index contributed by atoms with van der Waals surface area (Å²) in [5, 5.41) is 3.68. The molecule has 1 aliphatic carbocycles. The van der Waals surface area contributed by atoms with Crippen molar-refractivity contribution in [3.05, 3.63) is 0 Å². The maximum Gasteiger partial charge on any atom is 0.0223 e. The Kier molecular flexibility index (Phi) is 8.67. The molecule has 3 nitrogen and oxygen atoms in total. The highest BCUT2D eigenvalue weighted by Crippen LogP contribution is 2.32. The van der Waals surface area contributed by atoms with E-state index < -0.39 is 0 Å². The van der Waals surface area contributed by atoms with Crippen LogP contribution in [0.5, 0.6) is 0 Å². The monoisotopic (exact) mass is 269 g/mol. The van der Waals surface area contributed by atoms with Gasteiger partial charge in [0.15, 0.2) is 0 Å². The zero-order valence-electron chi connectivity index (χ0n) is 13.6. The summed E-state index contributed by atoms with van der Waals surface area (Å²) < 4.78 is 0. The normalized spacial score (nSPS) is 17.4. The van der Waals surface area contributed by atoms with Crippen LogP contribution in [0.2, 0.25) is 0 Å². The van der Waals surface area contributed by atoms with Crippen LogP contribution in [0, 0.1) is 5.92 Å². The Balaban J connectivity index is 2.23. The van der Waals surface area contributed by atoms with Gasteiger partial charge in [0.2, 0.25) is 0 Å². The van der Waals surface area contributed by atoms with Gasteiger partial charge < -0.3 is 15.1 Å². The third kappa shape index (κ3) is 6.73. The number of hydrogen-bond donors (Lipinski definition) is 1. The molecule has 114 valence electrons. The molecule has 0 aromatic heterocycles. The summed E-state index contributed by atoms with van der Waals surface area (Å²) in [6.07, 6.45) is 4.18. The molecule has 3 heteroatoms. The lowest BCUT2D eigenvalue weighted by molar-refractivity contribution is 0.218. The van der Waals surface area contributed by atoms with Gasteiger partial charge in [0.1, 0.15) is 0 Å². The molecule has 0 saturated heterocycles. The zero-order chi connectivity index (χ0) is 14.1. The van der Waals surface area contributed by atoms with Gasteiger partial charge in [-0.3, -0.25) is 0 Å². The first kappa shape index (κ1) is 16.9. The summed E-state index contributed by atoms with van der Waals surface area (Å²) in [5.74, 6) is 0.955. The van der Waals surface area contributed by atoms with Crippen LogP contribution in [-0.4, -0.2) is 61.7 Å². The fourth-order valence-electron chi connectivity index (χ4n) is 2.86. The molecule has 1 aliphatic rings. The summed E-state index contributed by atoms with van der Waals surface area (Å²) in [7, 11) is 0. The Morgan fingerprint density at radius 2 is 1.53 bits per heavy atom. The van der Waals surface area contributed by atoms with E-state index in [0.29, 0.717) is 0 Å². The largest absolute Gasteiger partial charge is 0.313 e. The molecule has 0 aromatic rings. The molecule has 1 fully saturated rings. The van der Waals surface area contributed by atoms with Gasteiger partial charge >= 0.3 is 0 Å². The van der Waals surface area contributed by atoms with Gasteiger partial charge in [-0.05, 0) is 64.4 Å². The summed E-state index contributed by atoms with van der Waals surface area (Å²) in [6.45, 7) is 17.5. The maximum absolute atomic E-state index is 3.68. The minimum atomic E-state index is 0.735. The van der Waals surface area contributed by atoms with E-state index in [2.05, 4.69) is 42.8 Å². The van der Waals surface area contributed by atoms with Gasteiger partial charge in [-0.1, -0.05) is 27.7 Å². The number of nitrogens with one attached hydrogen (secondary N) is 1. The Bertz CT molecular complexity index is 212. The first-order valence-electron chi connectivity index (χ1n) is 8.43. The smallest absolute Gasteiger partial charge is 0.0223 e. The summed E-state index contributed by atoms with van der Waals surface area (Å²) in [5.41, 5.74) is 0. The van der Waals surface area contributed by atoms with Crippen LogP contribution in [0.4, 0.5) is 0 Å². The van der Waals surface area contributed by atoms with Crippen molar-refractivity contribution in [2.45, 2.75) is 53.0 Å². The van der Waals surface area contributed by atoms with Crippen LogP contribution >= 0.6 is 0 Å². The summed E-state index contributed by atoms with van der Waals surface area (Å²) >= 11 is 0. The predicted molar refractivity (Wildman–Crippen MR) is 84.7 cm³/mol. The number of hydrogen-bond acceptors (Lipinski definition) is 3. The van der Waals surface area contributed by atoms with Crippen molar-refractivity contribution in [1.82, 2.24) is 15.1 Å². The van der Waals surface area contributed by atoms with E-state index in [-0.39, 0.29) is 0 Å². The van der Waals surface area contributed by atoms with Crippen LogP contribution in [0.15, 0.2) is 0 Å². The van der Waals surface area contributed by atoms with E-state index in [0.717, 1.165) is 18.5 Å². The van der Waals surface area contributed by atoms with Crippen LogP contribution in [0.1, 0.15) is 47.0 Å². The first-order valence-corrected chi connectivity index (χ1v) is 8.43. The van der Waals surface area contributed by atoms with Crippen molar-refractivity contribution in [3.63, 3.8) is 0 Å². The van der Waals surface area contributed by atoms with Gasteiger partial charge in [-0.15, -0.1) is 0 Å². The molecule has 0 radical (unpaired) electrons. The highest BCUT2D eigenvalue weighted by Gasteiger charge is 2.31. The molecule has 0 spiro atoms. The number of likely N-dealkylation sites (N-methyl/N-ethyl adjacent to an activating group) is 2. The molecule has 0 heterocycles. The van der Waals surface area contributed by atoms with Crippen molar-refractivity contribution in [2.75, 3.05) is 45.8 Å². The topological polar surface area (TPSA) is 18.5 Å². The molecule has 0 aliphatic heterocycles. The second kappa shape index (κ2) is 9.73. The molecule has 0 aromatic carbocycles. The average molecular weight is 269 g/mol. The molecule has 1 rings (SSSR count). The second-order valence-corrected chi connectivity index (χ2v) is 5.78. The third-order valence-corrected chi connectivity index (χ3v) is 4.40. The quantitative estimate of drug-likeness (QED) is 0.587. The molecule has 0 amide bonds. The van der Waals surface area contributed by atoms with Crippen molar-refractivity contribution in [1.29, 1.82) is 0 Å². The Morgan fingerprint density at radius 1 is 0.947 bits per heavy atom. The molecule has 1 unspecified atom stereocenters. The molecular weight excluding hydrogens is 234 g/mol. The fourth-order valence-corrected chi connectivity index (χ4v) is 2.86. The zero-order valence-corrected chi connectivity index (χ0v) is 13.6. The lowest BCUT2D eigenvalue weighted by Crippen LogP contribution is -2.43. The molecule has 0 bridgehead atoms. The second-order valence-electron chi connectivity index (χ2n) is 5.78. The van der Waals surface area contributed by atoms with E-state index in [4.69, 9.17) is 0 Å². The van der Waals surface area contributed by atoms with E-state index >= 15 is 0 Å². The lowest BCUT2D eigenvalue weighted by Gasteiger charge is -2.28. The minimum absolute atomic E-state index is 0.735. The van der Waals surface area contributed by atoms with Crippen molar-refractivity contribution >= 4 is 0 Å². The van der Waals surface area contributed by atoms with Gasteiger partial charge in [0, 0.05) is 12.6 Å². The predicted octanol–water partition coefficient (Wildman–Crippen LogP) is 2.43. The molecule has 1 N–H and O–H groups in total. The minimum Gasteiger partial charge on any atom is -0.313 e. The van der Waals surface area contributed by atoms with Crippen LogP contribution in [-0.2, 0) is 0 Å². The lowest BCUT2D eigenvalue weighted by atomic mass is 10.1. The SMILES string of the molecule is CCNC(CN(CC)CCCN(CC)CC)C1CC1. The van der Waals surface area contributed by atoms with Crippen LogP contribution in [0.25, 0.3) is 0 Å². The first-order chi connectivity index (χ1) is 9.24. The Labute approximate surface area is 120 Å². The third-order valence-electron chi connectivity index (χ3n) is 4.40. The highest BCUT2D eigenvalue weighted by atomic mass is 15.2. The fraction of sp³-hybridized carbons (Fsp3) is 1.00. The van der Waals surface area contributed by atoms with E-state index in [1.54, 1.807) is 0 Å². The molecule has 1 atom stereocenters.